The van der Waals surface area contributed by atoms with Gasteiger partial charge in [0.05, 0.1) is 16.8 Å². The van der Waals surface area contributed by atoms with Crippen LogP contribution in [0.25, 0.3) is 0 Å². The number of nitrogens with one attached hydrogen (secondary N) is 2. The maximum atomic E-state index is 12.1. The molecule has 0 atom stereocenters. The van der Waals surface area contributed by atoms with E-state index < -0.39 is 16.8 Å². The second-order valence-electron chi connectivity index (χ2n) is 4.41. The van der Waals surface area contributed by atoms with Gasteiger partial charge >= 0.3 is 5.97 Å². The van der Waals surface area contributed by atoms with Gasteiger partial charge in [-0.3, -0.25) is 14.9 Å². The first-order chi connectivity index (χ1) is 9.81. The highest BCUT2D eigenvalue weighted by Gasteiger charge is 2.21. The average molecular weight is 292 g/mol. The number of carboxylic acids is 1. The third kappa shape index (κ3) is 2.61. The van der Waals surface area contributed by atoms with E-state index in [0.717, 1.165) is 6.07 Å². The van der Waals surface area contributed by atoms with Crippen molar-refractivity contribution in [3.8, 4) is 0 Å². The molecule has 2 heterocycles. The molecule has 0 fully saturated rings. The molecule has 9 heteroatoms. The standard InChI is InChI=1S/C12H12N4O5/c1-6-10(12(18)19)8(4-13-6)14-11(17)9-3-7(16(20)21)5-15(9)2/h3-5,13H,1-2H3,(H,14,17)(H,18,19). The fourth-order valence-corrected chi connectivity index (χ4v) is 1.96. The molecule has 0 aromatic carbocycles. The Labute approximate surface area is 118 Å². The van der Waals surface area contributed by atoms with E-state index in [1.807, 2.05) is 0 Å². The molecule has 110 valence electrons. The second kappa shape index (κ2) is 5.12. The number of hydrogen-bond donors (Lipinski definition) is 3. The molecule has 9 nitrogen and oxygen atoms in total. The number of nitrogens with zero attached hydrogens (tertiary/aromatic N) is 2. The van der Waals surface area contributed by atoms with Gasteiger partial charge in [-0.05, 0) is 6.92 Å². The minimum absolute atomic E-state index is 0.0490. The quantitative estimate of drug-likeness (QED) is 0.581. The number of carboxylic acid groups (broad SMARTS) is 1. The fraction of sp³-hybridized carbons (Fsp3) is 0.167. The summed E-state index contributed by atoms with van der Waals surface area (Å²) in [4.78, 5) is 36.0. The number of hydrogen-bond acceptors (Lipinski definition) is 4. The Hall–Kier alpha value is -3.10. The van der Waals surface area contributed by atoms with Crippen LogP contribution in [0.4, 0.5) is 11.4 Å². The Balaban J connectivity index is 2.31. The summed E-state index contributed by atoms with van der Waals surface area (Å²) in [6.07, 6.45) is 2.56. The van der Waals surface area contributed by atoms with Gasteiger partial charge < -0.3 is 20.0 Å². The lowest BCUT2D eigenvalue weighted by molar-refractivity contribution is -0.384. The number of nitro groups is 1. The molecule has 2 aromatic heterocycles. The molecule has 0 spiro atoms. The molecule has 21 heavy (non-hydrogen) atoms. The van der Waals surface area contributed by atoms with Gasteiger partial charge in [0, 0.05) is 25.0 Å². The van der Waals surface area contributed by atoms with Gasteiger partial charge in [-0.25, -0.2) is 4.79 Å². The summed E-state index contributed by atoms with van der Waals surface area (Å²) < 4.78 is 1.30. The molecule has 0 aliphatic heterocycles. The minimum atomic E-state index is -1.18. The number of anilines is 1. The van der Waals surface area contributed by atoms with Crippen molar-refractivity contribution in [1.29, 1.82) is 0 Å². The summed E-state index contributed by atoms with van der Waals surface area (Å²) in [5.74, 6) is -1.81. The van der Waals surface area contributed by atoms with Crippen LogP contribution >= 0.6 is 0 Å². The third-order valence-corrected chi connectivity index (χ3v) is 2.97. The number of amides is 1. The molecular formula is C12H12N4O5. The zero-order valence-electron chi connectivity index (χ0n) is 11.2. The van der Waals surface area contributed by atoms with E-state index in [2.05, 4.69) is 10.3 Å². The summed E-state index contributed by atoms with van der Waals surface area (Å²) >= 11 is 0. The van der Waals surface area contributed by atoms with Crippen LogP contribution in [0.2, 0.25) is 0 Å². The van der Waals surface area contributed by atoms with Crippen LogP contribution in [0.1, 0.15) is 26.5 Å². The summed E-state index contributed by atoms with van der Waals surface area (Å²) in [6.45, 7) is 1.56. The number of aromatic nitrogens is 2. The van der Waals surface area contributed by atoms with E-state index in [0.29, 0.717) is 5.69 Å². The number of aromatic amines is 1. The number of carbonyl (C=O) groups excluding carboxylic acids is 1. The largest absolute Gasteiger partial charge is 0.478 e. The first-order valence-electron chi connectivity index (χ1n) is 5.84. The van der Waals surface area contributed by atoms with Crippen LogP contribution in [-0.4, -0.2) is 31.5 Å². The third-order valence-electron chi connectivity index (χ3n) is 2.97. The van der Waals surface area contributed by atoms with Crippen molar-refractivity contribution in [2.75, 3.05) is 5.32 Å². The van der Waals surface area contributed by atoms with Gasteiger partial charge in [0.2, 0.25) is 0 Å². The lowest BCUT2D eigenvalue weighted by atomic mass is 10.2. The van der Waals surface area contributed by atoms with Crippen LogP contribution in [-0.2, 0) is 7.05 Å². The van der Waals surface area contributed by atoms with Crippen LogP contribution in [0.15, 0.2) is 18.5 Å². The number of carbonyl (C=O) groups is 2. The highest BCUT2D eigenvalue weighted by molar-refractivity contribution is 6.07. The molecule has 0 radical (unpaired) electrons. The molecule has 2 rings (SSSR count). The van der Waals surface area contributed by atoms with Crippen molar-refractivity contribution >= 4 is 23.3 Å². The Morgan fingerprint density at radius 1 is 1.48 bits per heavy atom. The summed E-state index contributed by atoms with van der Waals surface area (Å²) in [5.41, 5.74) is 0.292. The maximum absolute atomic E-state index is 12.1. The summed E-state index contributed by atoms with van der Waals surface area (Å²) in [5, 5.41) is 22.2. The molecule has 3 N–H and O–H groups in total. The van der Waals surface area contributed by atoms with Crippen molar-refractivity contribution in [1.82, 2.24) is 9.55 Å². The smallest absolute Gasteiger partial charge is 0.339 e. The van der Waals surface area contributed by atoms with Crippen molar-refractivity contribution in [3.63, 3.8) is 0 Å². The van der Waals surface area contributed by atoms with Gasteiger partial charge in [-0.2, -0.15) is 0 Å². The van der Waals surface area contributed by atoms with Crippen molar-refractivity contribution in [2.45, 2.75) is 6.92 Å². The second-order valence-corrected chi connectivity index (χ2v) is 4.41. The molecule has 0 unspecified atom stereocenters. The molecule has 2 aromatic rings. The lowest BCUT2D eigenvalue weighted by Gasteiger charge is -2.05. The van der Waals surface area contributed by atoms with Gasteiger partial charge in [-0.1, -0.05) is 0 Å². The summed E-state index contributed by atoms with van der Waals surface area (Å²) in [7, 11) is 1.49. The summed E-state index contributed by atoms with van der Waals surface area (Å²) in [6, 6.07) is 1.12. The molecule has 0 aliphatic rings. The van der Waals surface area contributed by atoms with Crippen molar-refractivity contribution in [2.24, 2.45) is 7.05 Å². The zero-order chi connectivity index (χ0) is 15.7. The minimum Gasteiger partial charge on any atom is -0.478 e. The molecule has 1 amide bonds. The molecule has 0 saturated heterocycles. The molecule has 0 aliphatic carbocycles. The van der Waals surface area contributed by atoms with Crippen molar-refractivity contribution < 1.29 is 19.6 Å². The van der Waals surface area contributed by atoms with Crippen LogP contribution < -0.4 is 5.32 Å². The highest BCUT2D eigenvalue weighted by atomic mass is 16.6. The SMILES string of the molecule is Cc1[nH]cc(NC(=O)c2cc([N+](=O)[O-])cn2C)c1C(=O)O. The van der Waals surface area contributed by atoms with Crippen LogP contribution in [0.5, 0.6) is 0 Å². The zero-order valence-corrected chi connectivity index (χ0v) is 11.2. The van der Waals surface area contributed by atoms with E-state index in [9.17, 15) is 19.7 Å². The van der Waals surface area contributed by atoms with Gasteiger partial charge in [0.1, 0.15) is 11.3 Å². The van der Waals surface area contributed by atoms with Crippen molar-refractivity contribution in [3.05, 3.63) is 45.5 Å². The van der Waals surface area contributed by atoms with Gasteiger partial charge in [0.25, 0.3) is 11.6 Å². The number of aryl methyl sites for hydroxylation is 2. The van der Waals surface area contributed by atoms with Crippen LogP contribution in [0, 0.1) is 17.0 Å². The Morgan fingerprint density at radius 2 is 2.14 bits per heavy atom. The first kappa shape index (κ1) is 14.3. The monoisotopic (exact) mass is 292 g/mol. The van der Waals surface area contributed by atoms with E-state index in [4.69, 9.17) is 5.11 Å². The molecular weight excluding hydrogens is 280 g/mol. The van der Waals surface area contributed by atoms with E-state index in [1.54, 1.807) is 6.92 Å². The predicted molar refractivity (Wildman–Crippen MR) is 72.5 cm³/mol. The number of aromatic carboxylic acids is 1. The van der Waals surface area contributed by atoms with E-state index in [-0.39, 0.29) is 22.6 Å². The average Bonchev–Trinajstić information content (AvgIpc) is 2.93. The number of H-pyrrole nitrogens is 1. The Bertz CT molecular complexity index is 743. The lowest BCUT2D eigenvalue weighted by Crippen LogP contribution is -2.16. The number of rotatable bonds is 4. The maximum Gasteiger partial charge on any atom is 0.339 e. The molecule has 0 saturated carbocycles. The fourth-order valence-electron chi connectivity index (χ4n) is 1.96. The molecule has 0 bridgehead atoms. The Morgan fingerprint density at radius 3 is 2.67 bits per heavy atom. The predicted octanol–water partition coefficient (Wildman–Crippen LogP) is 1.52. The normalized spacial score (nSPS) is 10.4. The van der Waals surface area contributed by atoms with Crippen LogP contribution in [0.3, 0.4) is 0 Å². The topological polar surface area (TPSA) is 130 Å². The van der Waals surface area contributed by atoms with E-state index >= 15 is 0 Å². The van der Waals surface area contributed by atoms with Gasteiger partial charge in [0.15, 0.2) is 0 Å². The van der Waals surface area contributed by atoms with Gasteiger partial charge in [-0.15, -0.1) is 0 Å². The highest BCUT2D eigenvalue weighted by Crippen LogP contribution is 2.21. The van der Waals surface area contributed by atoms with E-state index in [1.165, 1.54) is 24.0 Å². The first-order valence-corrected chi connectivity index (χ1v) is 5.84. The Kier molecular flexibility index (Phi) is 3.49.